The highest BCUT2D eigenvalue weighted by Gasteiger charge is 2.49. The molecular weight excluding hydrogens is 312 g/mol. The fourth-order valence-electron chi connectivity index (χ4n) is 5.18. The predicted octanol–water partition coefficient (Wildman–Crippen LogP) is 7.17. The van der Waals surface area contributed by atoms with Crippen LogP contribution in [0.3, 0.4) is 0 Å². The summed E-state index contributed by atoms with van der Waals surface area (Å²) in [7, 11) is 0. The summed E-state index contributed by atoms with van der Waals surface area (Å²) in [5, 5.41) is 0. The van der Waals surface area contributed by atoms with Crippen molar-refractivity contribution in [1.29, 1.82) is 0 Å². The van der Waals surface area contributed by atoms with Gasteiger partial charge in [0.05, 0.1) is 0 Å². The molecule has 1 unspecified atom stereocenters. The van der Waals surface area contributed by atoms with E-state index < -0.39 is 0 Å². The molecule has 0 radical (unpaired) electrons. The second-order valence-corrected chi connectivity index (χ2v) is 8.57. The van der Waals surface area contributed by atoms with Crippen molar-refractivity contribution >= 4 is 12.2 Å². The Morgan fingerprint density at radius 2 is 1.65 bits per heavy atom. The number of hydrogen-bond donors (Lipinski definition) is 0. The standard InChI is InChI=1S/C26H28/c1(2-8-20-18-22-10-3-4-11-23(22)19-20)7-15-26(16-17-26)25-14-13-21-9-5-6-12-24(21)25/h3-6,9-14,18,25H,1-2,7-8,15-17,19H2. The molecule has 0 heterocycles. The molecule has 5 rings (SSSR count). The zero-order valence-electron chi connectivity index (χ0n) is 15.6. The minimum atomic E-state index is 0.589. The van der Waals surface area contributed by atoms with Crippen molar-refractivity contribution in [3.8, 4) is 0 Å². The SMILES string of the molecule is C1=CC(C2(CCCCCC3=Cc4ccccc4C3)CC2)c2ccccc21. The molecule has 0 aromatic heterocycles. The molecule has 0 heteroatoms. The Labute approximate surface area is 157 Å². The highest BCUT2D eigenvalue weighted by atomic mass is 14.5. The summed E-state index contributed by atoms with van der Waals surface area (Å²) < 4.78 is 0. The Hall–Kier alpha value is -2.08. The normalized spacial score (nSPS) is 21.4. The van der Waals surface area contributed by atoms with Crippen molar-refractivity contribution in [3.63, 3.8) is 0 Å². The number of hydrogen-bond acceptors (Lipinski definition) is 0. The zero-order chi connectivity index (χ0) is 17.4. The maximum Gasteiger partial charge on any atom is 0.00837 e. The van der Waals surface area contributed by atoms with Crippen LogP contribution in [0.15, 0.2) is 60.2 Å². The van der Waals surface area contributed by atoms with Crippen LogP contribution in [0.4, 0.5) is 0 Å². The maximum atomic E-state index is 2.48. The van der Waals surface area contributed by atoms with Crippen molar-refractivity contribution in [2.75, 3.05) is 0 Å². The monoisotopic (exact) mass is 340 g/mol. The van der Waals surface area contributed by atoms with E-state index in [4.69, 9.17) is 0 Å². The molecule has 0 spiro atoms. The molecule has 0 nitrogen and oxygen atoms in total. The van der Waals surface area contributed by atoms with Gasteiger partial charge in [0.25, 0.3) is 0 Å². The van der Waals surface area contributed by atoms with E-state index in [0.29, 0.717) is 11.3 Å². The number of allylic oxidation sites excluding steroid dienone is 2. The molecule has 0 N–H and O–H groups in total. The topological polar surface area (TPSA) is 0 Å². The number of unbranched alkanes of at least 4 members (excludes halogenated alkanes) is 2. The molecule has 3 aliphatic carbocycles. The third-order valence-electron chi connectivity index (χ3n) is 6.86. The Morgan fingerprint density at radius 3 is 2.50 bits per heavy atom. The summed E-state index contributed by atoms with van der Waals surface area (Å²) in [5.74, 6) is 0.686. The lowest BCUT2D eigenvalue weighted by molar-refractivity contribution is 0.399. The van der Waals surface area contributed by atoms with Crippen LogP contribution in [-0.2, 0) is 6.42 Å². The van der Waals surface area contributed by atoms with E-state index in [1.54, 1.807) is 11.1 Å². The third-order valence-corrected chi connectivity index (χ3v) is 6.86. The van der Waals surface area contributed by atoms with E-state index in [2.05, 4.69) is 66.8 Å². The molecule has 3 aliphatic rings. The van der Waals surface area contributed by atoms with Crippen LogP contribution in [0.25, 0.3) is 12.2 Å². The van der Waals surface area contributed by atoms with E-state index in [1.807, 2.05) is 0 Å². The van der Waals surface area contributed by atoms with E-state index in [1.165, 1.54) is 68.1 Å². The molecule has 0 saturated heterocycles. The lowest BCUT2D eigenvalue weighted by Gasteiger charge is -2.23. The average molecular weight is 341 g/mol. The Balaban J connectivity index is 1.10. The highest BCUT2D eigenvalue weighted by Crippen LogP contribution is 2.61. The molecular formula is C26H28. The van der Waals surface area contributed by atoms with Crippen molar-refractivity contribution in [2.24, 2.45) is 5.41 Å². The number of benzene rings is 2. The van der Waals surface area contributed by atoms with Gasteiger partial charge in [-0.15, -0.1) is 0 Å². The quantitative estimate of drug-likeness (QED) is 0.469. The van der Waals surface area contributed by atoms with E-state index in [-0.39, 0.29) is 0 Å². The van der Waals surface area contributed by atoms with Gasteiger partial charge in [0.2, 0.25) is 0 Å². The van der Waals surface area contributed by atoms with Gasteiger partial charge >= 0.3 is 0 Å². The van der Waals surface area contributed by atoms with Gasteiger partial charge in [-0.1, -0.05) is 85.2 Å². The molecule has 0 bridgehead atoms. The van der Waals surface area contributed by atoms with Crippen LogP contribution >= 0.6 is 0 Å². The average Bonchev–Trinajstić information content (AvgIpc) is 3.15. The van der Waals surface area contributed by atoms with Crippen molar-refractivity contribution < 1.29 is 0 Å². The van der Waals surface area contributed by atoms with E-state index in [9.17, 15) is 0 Å². The Bertz CT molecular complexity index is 863. The number of fused-ring (bicyclic) bond motifs is 2. The van der Waals surface area contributed by atoms with Crippen LogP contribution in [0.2, 0.25) is 0 Å². The molecule has 132 valence electrons. The summed E-state index contributed by atoms with van der Waals surface area (Å²) in [6.07, 6.45) is 18.1. The molecule has 1 saturated carbocycles. The summed E-state index contributed by atoms with van der Waals surface area (Å²) in [4.78, 5) is 0. The van der Waals surface area contributed by atoms with Crippen molar-refractivity contribution in [3.05, 3.63) is 82.4 Å². The van der Waals surface area contributed by atoms with Crippen LogP contribution in [0, 0.1) is 5.41 Å². The fourth-order valence-corrected chi connectivity index (χ4v) is 5.18. The summed E-state index contributed by atoms with van der Waals surface area (Å²) >= 11 is 0. The van der Waals surface area contributed by atoms with Gasteiger partial charge in [0.1, 0.15) is 0 Å². The summed E-state index contributed by atoms with van der Waals surface area (Å²) in [6.45, 7) is 0. The van der Waals surface area contributed by atoms with Gasteiger partial charge in [-0.05, 0) is 66.2 Å². The number of rotatable bonds is 7. The molecule has 0 amide bonds. The zero-order valence-corrected chi connectivity index (χ0v) is 15.6. The van der Waals surface area contributed by atoms with Gasteiger partial charge in [-0.3, -0.25) is 0 Å². The van der Waals surface area contributed by atoms with Gasteiger partial charge in [0, 0.05) is 5.92 Å². The van der Waals surface area contributed by atoms with E-state index >= 15 is 0 Å². The first-order valence-corrected chi connectivity index (χ1v) is 10.4. The first kappa shape index (κ1) is 16.1. The van der Waals surface area contributed by atoms with Gasteiger partial charge in [-0.2, -0.15) is 0 Å². The summed E-state index contributed by atoms with van der Waals surface area (Å²) in [6, 6.07) is 17.9. The molecule has 1 atom stereocenters. The van der Waals surface area contributed by atoms with Gasteiger partial charge in [0.15, 0.2) is 0 Å². The third kappa shape index (κ3) is 2.96. The molecule has 1 fully saturated rings. The Morgan fingerprint density at radius 1 is 0.846 bits per heavy atom. The second kappa shape index (κ2) is 6.58. The molecule has 2 aromatic carbocycles. The van der Waals surface area contributed by atoms with Crippen LogP contribution in [0.1, 0.15) is 73.1 Å². The van der Waals surface area contributed by atoms with Crippen LogP contribution < -0.4 is 0 Å². The maximum absolute atomic E-state index is 2.48. The second-order valence-electron chi connectivity index (χ2n) is 8.57. The molecule has 26 heavy (non-hydrogen) atoms. The van der Waals surface area contributed by atoms with Gasteiger partial charge < -0.3 is 0 Å². The molecule has 2 aromatic rings. The minimum absolute atomic E-state index is 0.589. The van der Waals surface area contributed by atoms with Gasteiger partial charge in [-0.25, -0.2) is 0 Å². The predicted molar refractivity (Wildman–Crippen MR) is 111 cm³/mol. The van der Waals surface area contributed by atoms with Crippen LogP contribution in [-0.4, -0.2) is 0 Å². The Kier molecular flexibility index (Phi) is 4.08. The largest absolute Gasteiger partial charge is 0.0758 e. The van der Waals surface area contributed by atoms with E-state index in [0.717, 1.165) is 0 Å². The smallest absolute Gasteiger partial charge is 0.00837 e. The lowest BCUT2D eigenvalue weighted by Crippen LogP contribution is -2.11. The van der Waals surface area contributed by atoms with Crippen molar-refractivity contribution in [2.45, 2.75) is 57.3 Å². The van der Waals surface area contributed by atoms with Crippen LogP contribution in [0.5, 0.6) is 0 Å². The van der Waals surface area contributed by atoms with Crippen molar-refractivity contribution in [1.82, 2.24) is 0 Å². The molecule has 0 aliphatic heterocycles. The minimum Gasteiger partial charge on any atom is -0.0758 e. The lowest BCUT2D eigenvalue weighted by atomic mass is 9.81. The highest BCUT2D eigenvalue weighted by molar-refractivity contribution is 5.64. The fraction of sp³-hybridized carbons (Fsp3) is 0.385. The first-order chi connectivity index (χ1) is 12.8. The summed E-state index contributed by atoms with van der Waals surface area (Å²) in [5.41, 5.74) is 8.24. The first-order valence-electron chi connectivity index (χ1n) is 10.4.